The smallest absolute Gasteiger partial charge is 0.0340 e. The molecule has 0 unspecified atom stereocenters. The van der Waals surface area contributed by atoms with Crippen molar-refractivity contribution in [3.8, 4) is 0 Å². The summed E-state index contributed by atoms with van der Waals surface area (Å²) >= 11 is 0. The van der Waals surface area contributed by atoms with E-state index >= 15 is 0 Å². The Labute approximate surface area is 216 Å². The van der Waals surface area contributed by atoms with Gasteiger partial charge in [-0.15, -0.1) is 0 Å². The highest BCUT2D eigenvalue weighted by Crippen LogP contribution is 2.36. The first-order valence-corrected chi connectivity index (χ1v) is 12.8. The van der Waals surface area contributed by atoms with E-state index in [2.05, 4.69) is 149 Å². The lowest BCUT2D eigenvalue weighted by Gasteiger charge is -2.23. The van der Waals surface area contributed by atoms with Crippen LogP contribution in [0.15, 0.2) is 121 Å². The highest BCUT2D eigenvalue weighted by molar-refractivity contribution is 5.49. The molecule has 178 valence electrons. The van der Waals surface area contributed by atoms with E-state index in [0.29, 0.717) is 0 Å². The predicted octanol–water partition coefficient (Wildman–Crippen LogP) is 9.28. The summed E-state index contributed by atoms with van der Waals surface area (Å²) in [5.41, 5.74) is 13.2. The van der Waals surface area contributed by atoms with Gasteiger partial charge in [-0.3, -0.25) is 0 Å². The fourth-order valence-corrected chi connectivity index (χ4v) is 5.43. The van der Waals surface area contributed by atoms with E-state index in [-0.39, 0.29) is 11.8 Å². The van der Waals surface area contributed by atoms with Gasteiger partial charge in [0.15, 0.2) is 0 Å². The van der Waals surface area contributed by atoms with Crippen LogP contribution in [0.2, 0.25) is 0 Å². The fraction of sp³-hybridized carbons (Fsp3) is 0.167. The lowest BCUT2D eigenvalue weighted by atomic mass is 9.81. The van der Waals surface area contributed by atoms with Crippen LogP contribution in [-0.2, 0) is 0 Å². The van der Waals surface area contributed by atoms with Gasteiger partial charge >= 0.3 is 0 Å². The van der Waals surface area contributed by atoms with Gasteiger partial charge in [-0.1, -0.05) is 144 Å². The SMILES string of the molecule is Cc1cccc(C(c2ccc(C(c3cccc(C)c3)c3cccc(C)c3)cc2)c2cccc(C)c2)c1. The third-order valence-electron chi connectivity index (χ3n) is 7.10. The van der Waals surface area contributed by atoms with E-state index in [1.54, 1.807) is 0 Å². The van der Waals surface area contributed by atoms with Crippen LogP contribution in [0, 0.1) is 27.7 Å². The van der Waals surface area contributed by atoms with Crippen LogP contribution in [0.4, 0.5) is 0 Å². The van der Waals surface area contributed by atoms with Crippen molar-refractivity contribution in [3.63, 3.8) is 0 Å². The van der Waals surface area contributed by atoms with Crippen molar-refractivity contribution >= 4 is 0 Å². The molecule has 0 radical (unpaired) electrons. The van der Waals surface area contributed by atoms with E-state index in [1.165, 1.54) is 55.6 Å². The van der Waals surface area contributed by atoms with Gasteiger partial charge in [0.25, 0.3) is 0 Å². The number of hydrogen-bond donors (Lipinski definition) is 0. The summed E-state index contributed by atoms with van der Waals surface area (Å²) in [4.78, 5) is 0. The van der Waals surface area contributed by atoms with Crippen molar-refractivity contribution in [3.05, 3.63) is 177 Å². The van der Waals surface area contributed by atoms with Crippen LogP contribution in [-0.4, -0.2) is 0 Å². The van der Waals surface area contributed by atoms with E-state index in [1.807, 2.05) is 0 Å². The van der Waals surface area contributed by atoms with Gasteiger partial charge in [0.05, 0.1) is 0 Å². The maximum atomic E-state index is 2.34. The monoisotopic (exact) mass is 466 g/mol. The average molecular weight is 467 g/mol. The molecule has 0 amide bonds. The highest BCUT2D eigenvalue weighted by atomic mass is 14.2. The lowest BCUT2D eigenvalue weighted by molar-refractivity contribution is 0.946. The molecule has 0 atom stereocenters. The first kappa shape index (κ1) is 23.8. The summed E-state index contributed by atoms with van der Waals surface area (Å²) in [5.74, 6) is 0.408. The largest absolute Gasteiger partial charge is 0.0617 e. The van der Waals surface area contributed by atoms with Crippen LogP contribution in [0.3, 0.4) is 0 Å². The first-order chi connectivity index (χ1) is 17.5. The second-order valence-corrected chi connectivity index (χ2v) is 10.2. The van der Waals surface area contributed by atoms with Crippen LogP contribution >= 0.6 is 0 Å². The van der Waals surface area contributed by atoms with Crippen LogP contribution in [0.5, 0.6) is 0 Å². The Morgan fingerprint density at radius 1 is 0.306 bits per heavy atom. The molecule has 36 heavy (non-hydrogen) atoms. The molecule has 0 saturated carbocycles. The molecule has 0 heteroatoms. The molecule has 5 aromatic carbocycles. The molecule has 0 N–H and O–H groups in total. The molecular formula is C36H34. The number of hydrogen-bond acceptors (Lipinski definition) is 0. The van der Waals surface area contributed by atoms with E-state index in [4.69, 9.17) is 0 Å². The molecule has 5 aromatic rings. The van der Waals surface area contributed by atoms with Crippen molar-refractivity contribution in [2.24, 2.45) is 0 Å². The standard InChI is InChI=1S/C36H34/c1-25-9-5-13-31(21-25)35(32-14-6-10-26(2)22-32)29-17-19-30(20-18-29)36(33-15-7-11-27(3)23-33)34-16-8-12-28(4)24-34/h5-24,35-36H,1-4H3. The molecule has 0 nitrogen and oxygen atoms in total. The molecule has 0 bridgehead atoms. The van der Waals surface area contributed by atoms with E-state index in [9.17, 15) is 0 Å². The van der Waals surface area contributed by atoms with Gasteiger partial charge in [-0.05, 0) is 61.1 Å². The Balaban J connectivity index is 1.61. The van der Waals surface area contributed by atoms with Crippen molar-refractivity contribution in [2.45, 2.75) is 39.5 Å². The molecule has 0 aliphatic carbocycles. The summed E-state index contributed by atoms with van der Waals surface area (Å²) < 4.78 is 0. The molecule has 0 saturated heterocycles. The first-order valence-electron chi connectivity index (χ1n) is 12.8. The summed E-state index contributed by atoms with van der Waals surface area (Å²) in [5, 5.41) is 0. The molecule has 0 heterocycles. The zero-order chi connectivity index (χ0) is 25.1. The Morgan fingerprint density at radius 2 is 0.556 bits per heavy atom. The minimum atomic E-state index is 0.204. The maximum Gasteiger partial charge on any atom is 0.0340 e. The quantitative estimate of drug-likeness (QED) is 0.219. The van der Waals surface area contributed by atoms with Gasteiger partial charge in [0.2, 0.25) is 0 Å². The third kappa shape index (κ3) is 5.19. The topological polar surface area (TPSA) is 0 Å². The minimum Gasteiger partial charge on any atom is -0.0617 e. The summed E-state index contributed by atoms with van der Waals surface area (Å²) in [6.45, 7) is 8.70. The van der Waals surface area contributed by atoms with Crippen molar-refractivity contribution in [1.82, 2.24) is 0 Å². The van der Waals surface area contributed by atoms with Crippen molar-refractivity contribution in [1.29, 1.82) is 0 Å². The van der Waals surface area contributed by atoms with Gasteiger partial charge in [-0.2, -0.15) is 0 Å². The summed E-state index contributed by atoms with van der Waals surface area (Å²) in [6.07, 6.45) is 0. The fourth-order valence-electron chi connectivity index (χ4n) is 5.43. The second-order valence-electron chi connectivity index (χ2n) is 10.2. The Kier molecular flexibility index (Phi) is 6.87. The molecule has 0 spiro atoms. The van der Waals surface area contributed by atoms with Gasteiger partial charge in [0.1, 0.15) is 0 Å². The summed E-state index contributed by atoms with van der Waals surface area (Å²) in [7, 11) is 0. The number of aryl methyl sites for hydroxylation is 4. The van der Waals surface area contributed by atoms with Gasteiger partial charge in [-0.25, -0.2) is 0 Å². The molecule has 0 fully saturated rings. The second kappa shape index (κ2) is 10.4. The van der Waals surface area contributed by atoms with Crippen LogP contribution in [0.1, 0.15) is 67.5 Å². The lowest BCUT2D eigenvalue weighted by Crippen LogP contribution is -2.07. The molecular weight excluding hydrogens is 432 g/mol. The van der Waals surface area contributed by atoms with Crippen LogP contribution in [0.25, 0.3) is 0 Å². The summed E-state index contributed by atoms with van der Waals surface area (Å²) in [6, 6.07) is 45.1. The predicted molar refractivity (Wildman–Crippen MR) is 153 cm³/mol. The number of benzene rings is 5. The highest BCUT2D eigenvalue weighted by Gasteiger charge is 2.20. The van der Waals surface area contributed by atoms with E-state index in [0.717, 1.165) is 0 Å². The Bertz CT molecular complexity index is 1270. The zero-order valence-corrected chi connectivity index (χ0v) is 21.7. The van der Waals surface area contributed by atoms with Gasteiger partial charge < -0.3 is 0 Å². The normalized spacial score (nSPS) is 11.3. The third-order valence-corrected chi connectivity index (χ3v) is 7.10. The molecule has 0 aromatic heterocycles. The van der Waals surface area contributed by atoms with E-state index < -0.39 is 0 Å². The average Bonchev–Trinajstić information content (AvgIpc) is 2.86. The maximum absolute atomic E-state index is 2.34. The minimum absolute atomic E-state index is 0.204. The van der Waals surface area contributed by atoms with Crippen molar-refractivity contribution in [2.75, 3.05) is 0 Å². The Hall–Kier alpha value is -3.90. The Morgan fingerprint density at radius 3 is 0.778 bits per heavy atom. The molecule has 5 rings (SSSR count). The number of rotatable bonds is 6. The molecule has 0 aliphatic rings. The zero-order valence-electron chi connectivity index (χ0n) is 21.7. The van der Waals surface area contributed by atoms with Crippen molar-refractivity contribution < 1.29 is 0 Å². The van der Waals surface area contributed by atoms with Crippen LogP contribution < -0.4 is 0 Å². The molecule has 0 aliphatic heterocycles. The van der Waals surface area contributed by atoms with Gasteiger partial charge in [0, 0.05) is 11.8 Å².